The molecule has 0 unspecified atom stereocenters. The van der Waals surface area contributed by atoms with E-state index in [2.05, 4.69) is 5.32 Å². The Morgan fingerprint density at radius 1 is 1.35 bits per heavy atom. The highest BCUT2D eigenvalue weighted by Gasteiger charge is 2.41. The minimum Gasteiger partial charge on any atom is -0.504 e. The van der Waals surface area contributed by atoms with E-state index in [-0.39, 0.29) is 11.7 Å². The van der Waals surface area contributed by atoms with E-state index < -0.39 is 5.41 Å². The molecule has 1 amide bonds. The lowest BCUT2D eigenvalue weighted by molar-refractivity contribution is -0.146. The zero-order chi connectivity index (χ0) is 16.9. The van der Waals surface area contributed by atoms with Crippen molar-refractivity contribution in [3.05, 3.63) is 23.8 Å². The number of aromatic hydroxyl groups is 1. The van der Waals surface area contributed by atoms with Gasteiger partial charge in [-0.25, -0.2) is 0 Å². The molecule has 23 heavy (non-hydrogen) atoms. The van der Waals surface area contributed by atoms with Crippen LogP contribution in [0.2, 0.25) is 0 Å². The van der Waals surface area contributed by atoms with Crippen molar-refractivity contribution in [2.24, 2.45) is 5.41 Å². The second-order valence-corrected chi connectivity index (χ2v) is 6.13. The van der Waals surface area contributed by atoms with Gasteiger partial charge in [-0.15, -0.1) is 0 Å². The molecule has 128 valence electrons. The van der Waals surface area contributed by atoms with Gasteiger partial charge < -0.3 is 24.8 Å². The molecule has 0 aliphatic carbocycles. The van der Waals surface area contributed by atoms with Gasteiger partial charge in [0.2, 0.25) is 5.91 Å². The Balaban J connectivity index is 2.11. The van der Waals surface area contributed by atoms with Crippen molar-refractivity contribution in [2.75, 3.05) is 41.0 Å². The zero-order valence-corrected chi connectivity index (χ0v) is 14.1. The van der Waals surface area contributed by atoms with Crippen LogP contribution in [0.25, 0.3) is 0 Å². The van der Waals surface area contributed by atoms with E-state index in [0.717, 1.165) is 31.5 Å². The van der Waals surface area contributed by atoms with Crippen molar-refractivity contribution in [1.82, 2.24) is 10.2 Å². The second kappa shape index (κ2) is 7.66. The summed E-state index contributed by atoms with van der Waals surface area (Å²) in [6, 6.07) is 5.14. The van der Waals surface area contributed by atoms with E-state index >= 15 is 0 Å². The largest absolute Gasteiger partial charge is 0.504 e. The molecule has 1 fully saturated rings. The molecule has 6 nitrogen and oxygen atoms in total. The molecule has 0 atom stereocenters. The van der Waals surface area contributed by atoms with Crippen molar-refractivity contribution < 1.29 is 19.4 Å². The van der Waals surface area contributed by atoms with Gasteiger partial charge >= 0.3 is 0 Å². The summed E-state index contributed by atoms with van der Waals surface area (Å²) in [5.41, 5.74) is 0.465. The average Bonchev–Trinajstić information content (AvgIpc) is 2.57. The average molecular weight is 322 g/mol. The predicted molar refractivity (Wildman–Crippen MR) is 87.5 cm³/mol. The number of ether oxygens (including phenoxy) is 2. The first-order valence-corrected chi connectivity index (χ1v) is 7.83. The van der Waals surface area contributed by atoms with E-state index in [9.17, 15) is 9.90 Å². The number of nitrogens with one attached hydrogen (secondary N) is 1. The molecule has 0 radical (unpaired) electrons. The van der Waals surface area contributed by atoms with Gasteiger partial charge in [0, 0.05) is 20.7 Å². The predicted octanol–water partition coefficient (Wildman–Crippen LogP) is 1.38. The van der Waals surface area contributed by atoms with E-state index in [1.165, 1.54) is 7.11 Å². The van der Waals surface area contributed by atoms with Crippen LogP contribution in [0.3, 0.4) is 0 Å². The summed E-state index contributed by atoms with van der Waals surface area (Å²) in [4.78, 5) is 14.7. The lowest BCUT2D eigenvalue weighted by Crippen LogP contribution is -2.50. The summed E-state index contributed by atoms with van der Waals surface area (Å²) in [5, 5.41) is 13.0. The third kappa shape index (κ3) is 3.95. The summed E-state index contributed by atoms with van der Waals surface area (Å²) < 4.78 is 10.5. The Labute approximate surface area is 137 Å². The quantitative estimate of drug-likeness (QED) is 0.828. The van der Waals surface area contributed by atoms with Crippen LogP contribution in [-0.2, 0) is 16.1 Å². The molecular weight excluding hydrogens is 296 g/mol. The van der Waals surface area contributed by atoms with Gasteiger partial charge in [-0.05, 0) is 43.6 Å². The van der Waals surface area contributed by atoms with E-state index in [0.29, 0.717) is 18.9 Å². The summed E-state index contributed by atoms with van der Waals surface area (Å²) in [7, 11) is 4.96. The maximum absolute atomic E-state index is 13.0. The normalized spacial score (nSPS) is 16.8. The highest BCUT2D eigenvalue weighted by molar-refractivity contribution is 5.83. The summed E-state index contributed by atoms with van der Waals surface area (Å²) >= 11 is 0. The number of rotatable bonds is 6. The van der Waals surface area contributed by atoms with E-state index in [1.54, 1.807) is 37.3 Å². The molecule has 1 heterocycles. The number of carbonyl (C=O) groups is 1. The lowest BCUT2D eigenvalue weighted by atomic mass is 9.78. The molecular formula is C17H26N2O4. The number of carbonyl (C=O) groups excluding carboxylic acids is 1. The number of hydrogen-bond donors (Lipinski definition) is 2. The highest BCUT2D eigenvalue weighted by atomic mass is 16.5. The maximum Gasteiger partial charge on any atom is 0.231 e. The van der Waals surface area contributed by atoms with Crippen molar-refractivity contribution in [1.29, 1.82) is 0 Å². The van der Waals surface area contributed by atoms with Crippen molar-refractivity contribution >= 4 is 5.91 Å². The number of phenolic OH excluding ortho intramolecular Hbond substituents is 1. The molecule has 2 N–H and O–H groups in total. The number of amides is 1. The topological polar surface area (TPSA) is 71.0 Å². The lowest BCUT2D eigenvalue weighted by Gasteiger charge is -2.38. The Morgan fingerprint density at radius 3 is 2.65 bits per heavy atom. The van der Waals surface area contributed by atoms with Gasteiger partial charge in [-0.1, -0.05) is 6.07 Å². The van der Waals surface area contributed by atoms with Crippen LogP contribution < -0.4 is 10.1 Å². The van der Waals surface area contributed by atoms with Gasteiger partial charge in [-0.2, -0.15) is 0 Å². The fourth-order valence-corrected chi connectivity index (χ4v) is 3.17. The van der Waals surface area contributed by atoms with Crippen LogP contribution >= 0.6 is 0 Å². The first-order chi connectivity index (χ1) is 11.0. The zero-order valence-electron chi connectivity index (χ0n) is 14.1. The molecule has 1 aliphatic heterocycles. The van der Waals surface area contributed by atoms with E-state index in [4.69, 9.17) is 9.47 Å². The standard InChI is InChI=1S/C17H26N2O4/c1-19(11-13-4-5-14(20)15(10-13)23-3)16(21)17(12-22-2)6-8-18-9-7-17/h4-5,10,18,20H,6-9,11-12H2,1-3H3. The van der Waals surface area contributed by atoms with Gasteiger partial charge in [-0.3, -0.25) is 4.79 Å². The molecule has 0 aromatic heterocycles. The molecule has 0 bridgehead atoms. The minimum atomic E-state index is -0.449. The molecule has 0 spiro atoms. The fraction of sp³-hybridized carbons (Fsp3) is 0.588. The number of phenols is 1. The number of methoxy groups -OCH3 is 2. The van der Waals surface area contributed by atoms with Crippen LogP contribution in [-0.4, -0.2) is 56.9 Å². The second-order valence-electron chi connectivity index (χ2n) is 6.13. The molecule has 1 aromatic rings. The summed E-state index contributed by atoms with van der Waals surface area (Å²) in [6.07, 6.45) is 1.56. The Morgan fingerprint density at radius 2 is 2.04 bits per heavy atom. The maximum atomic E-state index is 13.0. The summed E-state index contributed by atoms with van der Waals surface area (Å²) in [5.74, 6) is 0.615. The SMILES string of the molecule is COCC1(C(=O)N(C)Cc2ccc(O)c(OC)c2)CCNCC1. The molecule has 0 saturated carbocycles. The molecule has 1 aliphatic rings. The minimum absolute atomic E-state index is 0.0967. The van der Waals surface area contributed by atoms with Crippen LogP contribution in [0.4, 0.5) is 0 Å². The van der Waals surface area contributed by atoms with Gasteiger partial charge in [0.25, 0.3) is 0 Å². The Hall–Kier alpha value is -1.79. The fourth-order valence-electron chi connectivity index (χ4n) is 3.17. The number of piperidine rings is 1. The van der Waals surface area contributed by atoms with E-state index in [1.807, 2.05) is 0 Å². The highest BCUT2D eigenvalue weighted by Crippen LogP contribution is 2.32. The van der Waals surface area contributed by atoms with Crippen molar-refractivity contribution in [3.63, 3.8) is 0 Å². The molecule has 1 aromatic carbocycles. The van der Waals surface area contributed by atoms with Crippen LogP contribution in [0.5, 0.6) is 11.5 Å². The summed E-state index contributed by atoms with van der Waals surface area (Å²) in [6.45, 7) is 2.57. The molecule has 1 saturated heterocycles. The van der Waals surface area contributed by atoms with Crippen molar-refractivity contribution in [2.45, 2.75) is 19.4 Å². The third-order valence-corrected chi connectivity index (χ3v) is 4.45. The van der Waals surface area contributed by atoms with Gasteiger partial charge in [0.15, 0.2) is 11.5 Å². The number of hydrogen-bond acceptors (Lipinski definition) is 5. The van der Waals surface area contributed by atoms with Crippen LogP contribution in [0, 0.1) is 5.41 Å². The molecule has 2 rings (SSSR count). The van der Waals surface area contributed by atoms with Crippen molar-refractivity contribution in [3.8, 4) is 11.5 Å². The Bertz CT molecular complexity index is 536. The first-order valence-electron chi connectivity index (χ1n) is 7.83. The number of nitrogens with zero attached hydrogens (tertiary/aromatic N) is 1. The van der Waals surface area contributed by atoms with Crippen LogP contribution in [0.15, 0.2) is 18.2 Å². The van der Waals surface area contributed by atoms with Gasteiger partial charge in [0.05, 0.1) is 19.1 Å². The molecule has 6 heteroatoms. The monoisotopic (exact) mass is 322 g/mol. The smallest absolute Gasteiger partial charge is 0.231 e. The third-order valence-electron chi connectivity index (χ3n) is 4.45. The van der Waals surface area contributed by atoms with Crippen LogP contribution in [0.1, 0.15) is 18.4 Å². The van der Waals surface area contributed by atoms with Gasteiger partial charge in [0.1, 0.15) is 0 Å². The number of benzene rings is 1. The Kier molecular flexibility index (Phi) is 5.85. The first kappa shape index (κ1) is 17.6.